The van der Waals surface area contributed by atoms with Gasteiger partial charge >= 0.3 is 0 Å². The lowest BCUT2D eigenvalue weighted by molar-refractivity contribution is 0.0314. The SMILES string of the molecule is C=C(N)/C(F)=C\C(CC)CN(C)C(C)O. The molecule has 0 aliphatic rings. The Labute approximate surface area is 91.1 Å². The molecular formula is C11H21FN2O. The summed E-state index contributed by atoms with van der Waals surface area (Å²) in [7, 11) is 1.79. The van der Waals surface area contributed by atoms with Crippen molar-refractivity contribution in [3.63, 3.8) is 0 Å². The summed E-state index contributed by atoms with van der Waals surface area (Å²) >= 11 is 0. The Hall–Kier alpha value is -0.870. The van der Waals surface area contributed by atoms with E-state index >= 15 is 0 Å². The molecule has 0 amide bonds. The van der Waals surface area contributed by atoms with E-state index in [0.717, 1.165) is 6.42 Å². The molecule has 0 bridgehead atoms. The number of aliphatic hydroxyl groups excluding tert-OH is 1. The molecule has 15 heavy (non-hydrogen) atoms. The zero-order chi connectivity index (χ0) is 12.0. The first-order valence-electron chi connectivity index (χ1n) is 5.08. The number of allylic oxidation sites excluding steroid dienone is 1. The number of rotatable bonds is 6. The molecule has 0 saturated heterocycles. The monoisotopic (exact) mass is 216 g/mol. The van der Waals surface area contributed by atoms with Gasteiger partial charge in [-0.15, -0.1) is 0 Å². The predicted molar refractivity (Wildman–Crippen MR) is 60.6 cm³/mol. The molecule has 0 radical (unpaired) electrons. The fourth-order valence-electron chi connectivity index (χ4n) is 1.14. The van der Waals surface area contributed by atoms with Crippen LogP contribution in [0.15, 0.2) is 24.2 Å². The van der Waals surface area contributed by atoms with Crippen molar-refractivity contribution < 1.29 is 9.50 Å². The van der Waals surface area contributed by atoms with Gasteiger partial charge in [-0.05, 0) is 32.4 Å². The first-order chi connectivity index (χ1) is 6.88. The Morgan fingerprint density at radius 2 is 2.20 bits per heavy atom. The van der Waals surface area contributed by atoms with E-state index in [1.54, 1.807) is 18.9 Å². The fourth-order valence-corrected chi connectivity index (χ4v) is 1.14. The summed E-state index contributed by atoms with van der Waals surface area (Å²) in [5.74, 6) is -0.439. The molecule has 0 aliphatic heterocycles. The summed E-state index contributed by atoms with van der Waals surface area (Å²) in [6.07, 6.45) is 1.72. The molecule has 0 aliphatic carbocycles. The molecule has 0 spiro atoms. The van der Waals surface area contributed by atoms with E-state index in [1.165, 1.54) is 6.08 Å². The minimum absolute atomic E-state index is 0.0323. The van der Waals surface area contributed by atoms with Crippen LogP contribution < -0.4 is 5.73 Å². The van der Waals surface area contributed by atoms with Crippen LogP contribution in [0.5, 0.6) is 0 Å². The van der Waals surface area contributed by atoms with Gasteiger partial charge in [0.2, 0.25) is 0 Å². The van der Waals surface area contributed by atoms with Crippen molar-refractivity contribution in [2.45, 2.75) is 26.5 Å². The second kappa shape index (κ2) is 6.58. The van der Waals surface area contributed by atoms with Crippen molar-refractivity contribution in [1.29, 1.82) is 0 Å². The average Bonchev–Trinajstić information content (AvgIpc) is 2.15. The number of nitrogens with zero attached hydrogens (tertiary/aromatic N) is 1. The highest BCUT2D eigenvalue weighted by atomic mass is 19.1. The maximum Gasteiger partial charge on any atom is 0.141 e. The predicted octanol–water partition coefficient (Wildman–Crippen LogP) is 1.61. The number of aliphatic hydroxyl groups is 1. The van der Waals surface area contributed by atoms with Crippen molar-refractivity contribution >= 4 is 0 Å². The van der Waals surface area contributed by atoms with E-state index < -0.39 is 12.1 Å². The molecule has 0 heterocycles. The van der Waals surface area contributed by atoms with E-state index in [2.05, 4.69) is 6.58 Å². The molecule has 3 nitrogen and oxygen atoms in total. The van der Waals surface area contributed by atoms with Crippen LogP contribution in [-0.2, 0) is 0 Å². The van der Waals surface area contributed by atoms with Crippen LogP contribution in [0.3, 0.4) is 0 Å². The van der Waals surface area contributed by atoms with E-state index in [4.69, 9.17) is 5.73 Å². The fraction of sp³-hybridized carbons (Fsp3) is 0.636. The van der Waals surface area contributed by atoms with Gasteiger partial charge in [0.1, 0.15) is 12.1 Å². The Morgan fingerprint density at radius 3 is 2.53 bits per heavy atom. The lowest BCUT2D eigenvalue weighted by Crippen LogP contribution is -2.32. The van der Waals surface area contributed by atoms with Crippen LogP contribution in [0.1, 0.15) is 20.3 Å². The maximum atomic E-state index is 13.2. The highest BCUT2D eigenvalue weighted by Crippen LogP contribution is 2.14. The van der Waals surface area contributed by atoms with Crippen molar-refractivity contribution in [3.05, 3.63) is 24.2 Å². The number of nitrogens with two attached hydrogens (primary N) is 1. The van der Waals surface area contributed by atoms with Gasteiger partial charge in [0.15, 0.2) is 0 Å². The van der Waals surface area contributed by atoms with Gasteiger partial charge in [-0.25, -0.2) is 4.39 Å². The molecule has 0 aromatic carbocycles. The second-order valence-electron chi connectivity index (χ2n) is 3.78. The molecule has 4 heteroatoms. The zero-order valence-corrected chi connectivity index (χ0v) is 9.70. The van der Waals surface area contributed by atoms with Crippen LogP contribution in [0.25, 0.3) is 0 Å². The second-order valence-corrected chi connectivity index (χ2v) is 3.78. The summed E-state index contributed by atoms with van der Waals surface area (Å²) in [4.78, 5) is 1.75. The minimum Gasteiger partial charge on any atom is -0.397 e. The molecule has 0 saturated carbocycles. The largest absolute Gasteiger partial charge is 0.397 e. The van der Waals surface area contributed by atoms with Crippen LogP contribution in [-0.4, -0.2) is 29.8 Å². The number of hydrogen-bond donors (Lipinski definition) is 2. The smallest absolute Gasteiger partial charge is 0.141 e. The summed E-state index contributed by atoms with van der Waals surface area (Å²) < 4.78 is 13.2. The van der Waals surface area contributed by atoms with Crippen LogP contribution in [0.2, 0.25) is 0 Å². The summed E-state index contributed by atoms with van der Waals surface area (Å²) in [6.45, 7) is 7.56. The van der Waals surface area contributed by atoms with Gasteiger partial charge in [-0.3, -0.25) is 4.90 Å². The van der Waals surface area contributed by atoms with Crippen LogP contribution in [0, 0.1) is 5.92 Å². The van der Waals surface area contributed by atoms with Gasteiger partial charge in [-0.1, -0.05) is 13.5 Å². The third-order valence-corrected chi connectivity index (χ3v) is 2.37. The number of halogens is 1. The van der Waals surface area contributed by atoms with Gasteiger partial charge < -0.3 is 10.8 Å². The third kappa shape index (κ3) is 5.54. The molecule has 2 atom stereocenters. The van der Waals surface area contributed by atoms with E-state index in [0.29, 0.717) is 6.54 Å². The van der Waals surface area contributed by atoms with E-state index in [9.17, 15) is 9.50 Å². The molecule has 88 valence electrons. The summed E-state index contributed by atoms with van der Waals surface area (Å²) in [6, 6.07) is 0. The van der Waals surface area contributed by atoms with Crippen LogP contribution >= 0.6 is 0 Å². The maximum absolute atomic E-state index is 13.2. The number of hydrogen-bond acceptors (Lipinski definition) is 3. The Bertz CT molecular complexity index is 239. The van der Waals surface area contributed by atoms with Gasteiger partial charge in [0.25, 0.3) is 0 Å². The standard InChI is InChI=1S/C11H21FN2O/c1-5-10(6-11(12)8(2)13)7-14(4)9(3)15/h6,9-10,15H,2,5,7,13H2,1,3-4H3/b11-6+. The van der Waals surface area contributed by atoms with Crippen molar-refractivity contribution in [3.8, 4) is 0 Å². The van der Waals surface area contributed by atoms with Crippen molar-refractivity contribution in [2.24, 2.45) is 11.7 Å². The van der Waals surface area contributed by atoms with Gasteiger partial charge in [0.05, 0.1) is 5.70 Å². The Kier molecular flexibility index (Phi) is 6.20. The third-order valence-electron chi connectivity index (χ3n) is 2.37. The van der Waals surface area contributed by atoms with E-state index in [-0.39, 0.29) is 11.6 Å². The first-order valence-corrected chi connectivity index (χ1v) is 5.08. The molecule has 0 rings (SSSR count). The normalized spacial score (nSPS) is 16.5. The van der Waals surface area contributed by atoms with Gasteiger partial charge in [0, 0.05) is 6.54 Å². The highest BCUT2D eigenvalue weighted by molar-refractivity contribution is 5.19. The zero-order valence-electron chi connectivity index (χ0n) is 9.70. The van der Waals surface area contributed by atoms with Crippen LogP contribution in [0.4, 0.5) is 4.39 Å². The molecule has 0 aromatic rings. The molecule has 2 unspecified atom stereocenters. The average molecular weight is 216 g/mol. The molecule has 0 fully saturated rings. The highest BCUT2D eigenvalue weighted by Gasteiger charge is 2.12. The topological polar surface area (TPSA) is 49.5 Å². The summed E-state index contributed by atoms with van der Waals surface area (Å²) in [5.41, 5.74) is 5.18. The quantitative estimate of drug-likeness (QED) is 0.524. The first kappa shape index (κ1) is 14.1. The van der Waals surface area contributed by atoms with Crippen molar-refractivity contribution in [1.82, 2.24) is 4.90 Å². The molecule has 3 N–H and O–H groups in total. The summed E-state index contributed by atoms with van der Waals surface area (Å²) in [5, 5.41) is 9.28. The van der Waals surface area contributed by atoms with Crippen molar-refractivity contribution in [2.75, 3.05) is 13.6 Å². The Balaban J connectivity index is 4.38. The minimum atomic E-state index is -0.531. The Morgan fingerprint density at radius 1 is 1.67 bits per heavy atom. The lowest BCUT2D eigenvalue weighted by Gasteiger charge is -2.23. The molecular weight excluding hydrogens is 195 g/mol. The molecule has 0 aromatic heterocycles. The van der Waals surface area contributed by atoms with Gasteiger partial charge in [-0.2, -0.15) is 0 Å². The van der Waals surface area contributed by atoms with E-state index in [1.807, 2.05) is 6.92 Å². The lowest BCUT2D eigenvalue weighted by atomic mass is 10.0.